The second-order valence-corrected chi connectivity index (χ2v) is 5.99. The van der Waals surface area contributed by atoms with Gasteiger partial charge in [-0.3, -0.25) is 14.6 Å². The number of anilines is 2. The Kier molecular flexibility index (Phi) is 5.06. The number of nitrogens with one attached hydrogen (secondary N) is 2. The number of hydrogen-bond donors (Lipinski definition) is 3. The number of hydrogen-bond acceptors (Lipinski definition) is 5. The summed E-state index contributed by atoms with van der Waals surface area (Å²) in [5.41, 5.74) is 6.92. The van der Waals surface area contributed by atoms with E-state index >= 15 is 0 Å². The maximum Gasteiger partial charge on any atom is 0.255 e. The third-order valence-corrected chi connectivity index (χ3v) is 4.16. The molecule has 1 aromatic carbocycles. The van der Waals surface area contributed by atoms with Gasteiger partial charge < -0.3 is 21.1 Å². The zero-order chi connectivity index (χ0) is 17.7. The molecule has 0 unspecified atom stereocenters. The van der Waals surface area contributed by atoms with E-state index in [1.165, 1.54) is 0 Å². The number of carbonyl (C=O) groups is 2. The van der Waals surface area contributed by atoms with Gasteiger partial charge in [0.15, 0.2) is 0 Å². The van der Waals surface area contributed by atoms with Gasteiger partial charge in [0, 0.05) is 42.5 Å². The van der Waals surface area contributed by atoms with Crippen molar-refractivity contribution in [3.63, 3.8) is 0 Å². The van der Waals surface area contributed by atoms with Crippen LogP contribution in [-0.4, -0.2) is 35.6 Å². The molecule has 0 atom stereocenters. The monoisotopic (exact) mass is 340 g/mol. The molecule has 1 aliphatic rings. The summed E-state index contributed by atoms with van der Waals surface area (Å²) in [6.07, 6.45) is 4.08. The summed E-state index contributed by atoms with van der Waals surface area (Å²) in [4.78, 5) is 28.5. The SMILES string of the molecule is NC1(C(=O)Nc2cccc(NC(=O)c3ccncc3)c2)CCOCC1. The van der Waals surface area contributed by atoms with Crippen molar-refractivity contribution >= 4 is 23.2 Å². The van der Waals surface area contributed by atoms with E-state index in [4.69, 9.17) is 10.5 Å². The number of amides is 2. The quantitative estimate of drug-likeness (QED) is 0.786. The van der Waals surface area contributed by atoms with Crippen LogP contribution in [0.2, 0.25) is 0 Å². The lowest BCUT2D eigenvalue weighted by atomic mass is 9.90. The van der Waals surface area contributed by atoms with Crippen LogP contribution in [-0.2, 0) is 9.53 Å². The Morgan fingerprint density at radius 2 is 1.68 bits per heavy atom. The van der Waals surface area contributed by atoms with Crippen molar-refractivity contribution in [2.45, 2.75) is 18.4 Å². The van der Waals surface area contributed by atoms with Crippen LogP contribution >= 0.6 is 0 Å². The van der Waals surface area contributed by atoms with Gasteiger partial charge in [-0.05, 0) is 43.2 Å². The van der Waals surface area contributed by atoms with Gasteiger partial charge in [-0.25, -0.2) is 0 Å². The Morgan fingerprint density at radius 3 is 2.36 bits per heavy atom. The highest BCUT2D eigenvalue weighted by Crippen LogP contribution is 2.22. The topological polar surface area (TPSA) is 106 Å². The fraction of sp³-hybridized carbons (Fsp3) is 0.278. The van der Waals surface area contributed by atoms with Crippen LogP contribution in [0.1, 0.15) is 23.2 Å². The molecule has 2 aromatic rings. The number of pyridine rings is 1. The number of aromatic nitrogens is 1. The van der Waals surface area contributed by atoms with Gasteiger partial charge in [0.25, 0.3) is 5.91 Å². The van der Waals surface area contributed by atoms with E-state index in [1.807, 2.05) is 0 Å². The maximum absolute atomic E-state index is 12.5. The molecule has 0 bridgehead atoms. The number of nitrogens with zero attached hydrogens (tertiary/aromatic N) is 1. The molecule has 0 aliphatic carbocycles. The van der Waals surface area contributed by atoms with Gasteiger partial charge in [-0.2, -0.15) is 0 Å². The van der Waals surface area contributed by atoms with Crippen molar-refractivity contribution in [2.75, 3.05) is 23.8 Å². The molecule has 1 aliphatic heterocycles. The van der Waals surface area contributed by atoms with Gasteiger partial charge in [0.05, 0.1) is 0 Å². The minimum absolute atomic E-state index is 0.242. The average Bonchev–Trinajstić information content (AvgIpc) is 2.63. The van der Waals surface area contributed by atoms with E-state index < -0.39 is 5.54 Å². The fourth-order valence-corrected chi connectivity index (χ4v) is 2.60. The molecule has 130 valence electrons. The Morgan fingerprint density at radius 1 is 1.04 bits per heavy atom. The van der Waals surface area contributed by atoms with E-state index in [9.17, 15) is 9.59 Å². The van der Waals surface area contributed by atoms with Gasteiger partial charge >= 0.3 is 0 Å². The first kappa shape index (κ1) is 17.1. The second kappa shape index (κ2) is 7.42. The predicted octanol–water partition coefficient (Wildman–Crippen LogP) is 1.78. The first-order valence-electron chi connectivity index (χ1n) is 8.06. The molecule has 0 radical (unpaired) electrons. The molecular weight excluding hydrogens is 320 g/mol. The largest absolute Gasteiger partial charge is 0.381 e. The van der Waals surface area contributed by atoms with Gasteiger partial charge in [-0.1, -0.05) is 6.07 Å². The third kappa shape index (κ3) is 4.20. The molecule has 0 spiro atoms. The molecule has 2 heterocycles. The lowest BCUT2D eigenvalue weighted by Gasteiger charge is -2.31. The van der Waals surface area contributed by atoms with Crippen LogP contribution in [0.4, 0.5) is 11.4 Å². The fourth-order valence-electron chi connectivity index (χ4n) is 2.60. The van der Waals surface area contributed by atoms with Crippen LogP contribution in [0, 0.1) is 0 Å². The lowest BCUT2D eigenvalue weighted by molar-refractivity contribution is -0.124. The Hall–Kier alpha value is -2.77. The zero-order valence-electron chi connectivity index (χ0n) is 13.7. The van der Waals surface area contributed by atoms with Gasteiger partial charge in [-0.15, -0.1) is 0 Å². The van der Waals surface area contributed by atoms with Crippen molar-refractivity contribution in [1.29, 1.82) is 0 Å². The Balaban J connectivity index is 1.67. The van der Waals surface area contributed by atoms with Crippen molar-refractivity contribution in [3.8, 4) is 0 Å². The number of carbonyl (C=O) groups excluding carboxylic acids is 2. The molecule has 7 nitrogen and oxygen atoms in total. The molecule has 4 N–H and O–H groups in total. The lowest BCUT2D eigenvalue weighted by Crippen LogP contribution is -2.54. The van der Waals surface area contributed by atoms with Crippen molar-refractivity contribution in [3.05, 3.63) is 54.4 Å². The third-order valence-electron chi connectivity index (χ3n) is 4.16. The van der Waals surface area contributed by atoms with Crippen LogP contribution in [0.25, 0.3) is 0 Å². The number of ether oxygens (including phenoxy) is 1. The minimum Gasteiger partial charge on any atom is -0.381 e. The highest BCUT2D eigenvalue weighted by Gasteiger charge is 2.35. The minimum atomic E-state index is -0.922. The first-order chi connectivity index (χ1) is 12.1. The number of nitrogens with two attached hydrogens (primary N) is 1. The Labute approximate surface area is 145 Å². The number of rotatable bonds is 4. The predicted molar refractivity (Wildman–Crippen MR) is 94.2 cm³/mol. The smallest absolute Gasteiger partial charge is 0.255 e. The van der Waals surface area contributed by atoms with Crippen LogP contribution in [0.5, 0.6) is 0 Å². The van der Waals surface area contributed by atoms with Crippen LogP contribution < -0.4 is 16.4 Å². The molecule has 2 amide bonds. The summed E-state index contributed by atoms with van der Waals surface area (Å²) in [6, 6.07) is 10.2. The molecule has 25 heavy (non-hydrogen) atoms. The standard InChI is InChI=1S/C18H20N4O3/c19-18(6-10-25-11-7-18)17(24)22-15-3-1-2-14(12-15)21-16(23)13-4-8-20-9-5-13/h1-5,8-9,12H,6-7,10-11,19H2,(H,21,23)(H,22,24). The summed E-state index contributed by atoms with van der Waals surface area (Å²) in [7, 11) is 0. The van der Waals surface area contributed by atoms with Crippen LogP contribution in [0.15, 0.2) is 48.8 Å². The highest BCUT2D eigenvalue weighted by atomic mass is 16.5. The molecule has 1 fully saturated rings. The Bertz CT molecular complexity index is 758. The summed E-state index contributed by atoms with van der Waals surface area (Å²) < 4.78 is 5.26. The zero-order valence-corrected chi connectivity index (χ0v) is 13.7. The normalized spacial score (nSPS) is 16.0. The summed E-state index contributed by atoms with van der Waals surface area (Å²) >= 11 is 0. The van der Waals surface area contributed by atoms with E-state index in [0.717, 1.165) is 0 Å². The first-order valence-corrected chi connectivity index (χ1v) is 8.06. The van der Waals surface area contributed by atoms with E-state index in [2.05, 4.69) is 15.6 Å². The van der Waals surface area contributed by atoms with E-state index in [-0.39, 0.29) is 11.8 Å². The van der Waals surface area contributed by atoms with E-state index in [1.54, 1.807) is 48.8 Å². The average molecular weight is 340 g/mol. The molecule has 3 rings (SSSR count). The maximum atomic E-state index is 12.5. The van der Waals surface area contributed by atoms with Gasteiger partial charge in [0.1, 0.15) is 5.54 Å². The summed E-state index contributed by atoms with van der Waals surface area (Å²) in [6.45, 7) is 0.956. The van der Waals surface area contributed by atoms with E-state index in [0.29, 0.717) is 43.0 Å². The second-order valence-electron chi connectivity index (χ2n) is 5.99. The molecular formula is C18H20N4O3. The molecule has 7 heteroatoms. The molecule has 1 saturated heterocycles. The van der Waals surface area contributed by atoms with Crippen LogP contribution in [0.3, 0.4) is 0 Å². The molecule has 0 saturated carbocycles. The van der Waals surface area contributed by atoms with Crippen molar-refractivity contribution < 1.29 is 14.3 Å². The summed E-state index contributed by atoms with van der Waals surface area (Å²) in [5.74, 6) is -0.487. The van der Waals surface area contributed by atoms with Crippen molar-refractivity contribution in [1.82, 2.24) is 4.98 Å². The van der Waals surface area contributed by atoms with Gasteiger partial charge in [0.2, 0.25) is 5.91 Å². The summed E-state index contributed by atoms with van der Waals surface area (Å²) in [5, 5.41) is 5.62. The number of benzene rings is 1. The highest BCUT2D eigenvalue weighted by molar-refractivity contribution is 6.04. The van der Waals surface area contributed by atoms with Crippen molar-refractivity contribution in [2.24, 2.45) is 5.73 Å². The molecule has 1 aromatic heterocycles.